The summed E-state index contributed by atoms with van der Waals surface area (Å²) >= 11 is 0. The van der Waals surface area contributed by atoms with Crippen LogP contribution < -0.4 is 68.9 Å². The first-order valence-electron chi connectivity index (χ1n) is 0.783. The van der Waals surface area contributed by atoms with E-state index in [-0.39, 0.29) is 96.5 Å². The molecule has 0 aromatic carbocycles. The van der Waals surface area contributed by atoms with Gasteiger partial charge in [-0.15, -0.1) is 0 Å². The van der Waals surface area contributed by atoms with Crippen molar-refractivity contribution in [2.75, 3.05) is 0 Å². The minimum atomic E-state index is -4.64. The SMILES string of the molecule is O=P(O)(O)O.[Cs+].[H-].[Zr]. The monoisotopic (exact) mass is 322 g/mol. The van der Waals surface area contributed by atoms with Crippen LogP contribution in [0.5, 0.6) is 0 Å². The third-order valence-electron chi connectivity index (χ3n) is 0. The van der Waals surface area contributed by atoms with Crippen molar-refractivity contribution in [1.29, 1.82) is 0 Å². The summed E-state index contributed by atoms with van der Waals surface area (Å²) in [6, 6.07) is 0. The maximum atomic E-state index is 8.88. The van der Waals surface area contributed by atoms with Crippen LogP contribution in [-0.4, -0.2) is 14.7 Å². The topological polar surface area (TPSA) is 77.8 Å². The van der Waals surface area contributed by atoms with Crippen molar-refractivity contribution in [1.82, 2.24) is 0 Å². The zero-order valence-electron chi connectivity index (χ0n) is 4.70. The Kier molecular flexibility index (Phi) is 16.9. The van der Waals surface area contributed by atoms with Crippen LogP contribution in [0.25, 0.3) is 0 Å². The first kappa shape index (κ1) is 16.6. The fourth-order valence-electron chi connectivity index (χ4n) is 0. The van der Waals surface area contributed by atoms with Gasteiger partial charge in [0.1, 0.15) is 0 Å². The van der Waals surface area contributed by atoms with E-state index in [1.807, 2.05) is 0 Å². The van der Waals surface area contributed by atoms with Gasteiger partial charge in [0.05, 0.1) is 0 Å². The predicted octanol–water partition coefficient (Wildman–Crippen LogP) is -3.81. The van der Waals surface area contributed by atoms with Gasteiger partial charge in [-0.25, -0.2) is 4.57 Å². The fourth-order valence-corrected chi connectivity index (χ4v) is 0. The molecule has 4 nitrogen and oxygen atoms in total. The second kappa shape index (κ2) is 7.16. The Morgan fingerprint density at radius 2 is 1.29 bits per heavy atom. The molecule has 0 heterocycles. The van der Waals surface area contributed by atoms with Gasteiger partial charge in [0.25, 0.3) is 0 Å². The fraction of sp³-hybridized carbons (Fsp3) is 0. The third kappa shape index (κ3) is 48.4. The van der Waals surface area contributed by atoms with Crippen LogP contribution in [0.15, 0.2) is 0 Å². The predicted molar refractivity (Wildman–Crippen MR) is 15.4 cm³/mol. The van der Waals surface area contributed by atoms with Gasteiger partial charge >= 0.3 is 76.7 Å². The van der Waals surface area contributed by atoms with E-state index < -0.39 is 7.82 Å². The third-order valence-corrected chi connectivity index (χ3v) is 0. The Morgan fingerprint density at radius 1 is 1.29 bits per heavy atom. The number of rotatable bonds is 0. The normalized spacial score (nSPS) is 8.43. The van der Waals surface area contributed by atoms with E-state index in [9.17, 15) is 0 Å². The maximum Gasteiger partial charge on any atom is 1.00 e. The van der Waals surface area contributed by atoms with Crippen molar-refractivity contribution in [3.05, 3.63) is 0 Å². The van der Waals surface area contributed by atoms with Crippen LogP contribution in [0.1, 0.15) is 1.43 Å². The van der Waals surface area contributed by atoms with Gasteiger partial charge in [-0.1, -0.05) is 0 Å². The van der Waals surface area contributed by atoms with E-state index in [2.05, 4.69) is 0 Å². The Bertz CT molecular complexity index is 62.2. The van der Waals surface area contributed by atoms with E-state index in [0.717, 1.165) is 0 Å². The Hall–Kier alpha value is 3.05. The minimum absolute atomic E-state index is 0. The molecule has 0 atom stereocenters. The van der Waals surface area contributed by atoms with Gasteiger partial charge in [0.2, 0.25) is 0 Å². The number of hydrogen-bond acceptors (Lipinski definition) is 1. The molecule has 3 N–H and O–H groups in total. The summed E-state index contributed by atoms with van der Waals surface area (Å²) in [4.78, 5) is 21.6. The minimum Gasteiger partial charge on any atom is -1.00 e. The first-order valence-corrected chi connectivity index (χ1v) is 2.35. The number of phosphoric acid groups is 1. The summed E-state index contributed by atoms with van der Waals surface area (Å²) in [5, 5.41) is 0. The van der Waals surface area contributed by atoms with Crippen LogP contribution in [0.4, 0.5) is 0 Å². The summed E-state index contributed by atoms with van der Waals surface area (Å²) in [5.41, 5.74) is 0. The van der Waals surface area contributed by atoms with Crippen molar-refractivity contribution in [2.24, 2.45) is 0 Å². The molecule has 7 heteroatoms. The second-order valence-corrected chi connectivity index (χ2v) is 1.54. The molecule has 0 saturated heterocycles. The summed E-state index contributed by atoms with van der Waals surface area (Å²) in [6.45, 7) is 0. The number of hydrogen-bond donors (Lipinski definition) is 3. The molecule has 0 unspecified atom stereocenters. The molecule has 0 saturated carbocycles. The summed E-state index contributed by atoms with van der Waals surface area (Å²) in [5.74, 6) is 0. The Labute approximate surface area is 120 Å². The summed E-state index contributed by atoms with van der Waals surface area (Å²) < 4.78 is 8.88. The largest absolute Gasteiger partial charge is 1.00 e. The molecule has 0 amide bonds. The molecule has 0 radical (unpaired) electrons. The van der Waals surface area contributed by atoms with Gasteiger partial charge in [-0.3, -0.25) is 0 Å². The van der Waals surface area contributed by atoms with Crippen LogP contribution in [-0.2, 0) is 30.8 Å². The van der Waals surface area contributed by atoms with E-state index in [1.165, 1.54) is 0 Å². The van der Waals surface area contributed by atoms with Crippen molar-refractivity contribution in [2.45, 2.75) is 0 Å². The zero-order chi connectivity index (χ0) is 4.50. The van der Waals surface area contributed by atoms with Crippen molar-refractivity contribution >= 4 is 7.82 Å². The first-order chi connectivity index (χ1) is 2.00. The van der Waals surface area contributed by atoms with Gasteiger partial charge in [-0.05, 0) is 0 Å². The molecule has 0 rings (SSSR count). The molecule has 0 bridgehead atoms. The standard InChI is InChI=1S/Cs.H3O4P.Zr.H/c;1-5(2,3)4;;/h;(H3,1,2,3,4);;/q+1;;;-1. The Balaban J connectivity index is -0.0000000267. The van der Waals surface area contributed by atoms with E-state index in [0.29, 0.717) is 0 Å². The van der Waals surface area contributed by atoms with Gasteiger partial charge in [0.15, 0.2) is 0 Å². The zero-order valence-corrected chi connectivity index (χ0v) is 13.3. The quantitative estimate of drug-likeness (QED) is 0.400. The van der Waals surface area contributed by atoms with E-state index in [4.69, 9.17) is 19.2 Å². The van der Waals surface area contributed by atoms with Crippen LogP contribution in [0.3, 0.4) is 0 Å². The van der Waals surface area contributed by atoms with Gasteiger partial charge < -0.3 is 16.1 Å². The average molecular weight is 323 g/mol. The second-order valence-electron chi connectivity index (χ2n) is 0.513. The molecule has 0 aliphatic carbocycles. The van der Waals surface area contributed by atoms with E-state index >= 15 is 0 Å². The molecule has 0 aromatic heterocycles. The van der Waals surface area contributed by atoms with Gasteiger partial charge in [0, 0.05) is 26.2 Å². The smallest absolute Gasteiger partial charge is 1.00 e. The molecule has 0 spiro atoms. The molecule has 0 aliphatic heterocycles. The summed E-state index contributed by atoms with van der Waals surface area (Å²) in [6.07, 6.45) is 0. The molecular formula is H4CsO4PZr. The average Bonchev–Trinajstić information content (AvgIpc) is 0.722. The van der Waals surface area contributed by atoms with Crippen LogP contribution in [0.2, 0.25) is 0 Å². The Morgan fingerprint density at radius 3 is 1.29 bits per heavy atom. The van der Waals surface area contributed by atoms with Crippen molar-refractivity contribution < 1.29 is 116 Å². The maximum absolute atomic E-state index is 8.88. The van der Waals surface area contributed by atoms with Crippen molar-refractivity contribution in [3.8, 4) is 0 Å². The van der Waals surface area contributed by atoms with Gasteiger partial charge in [-0.2, -0.15) is 0 Å². The molecule has 38 valence electrons. The van der Waals surface area contributed by atoms with Crippen LogP contribution >= 0.6 is 7.82 Å². The molecule has 0 fully saturated rings. The molecule has 0 aliphatic rings. The van der Waals surface area contributed by atoms with Crippen LogP contribution in [0, 0.1) is 0 Å². The molecule has 7 heavy (non-hydrogen) atoms. The molecular weight excluding hydrogens is 319 g/mol. The summed E-state index contributed by atoms with van der Waals surface area (Å²) in [7, 11) is -4.64. The van der Waals surface area contributed by atoms with E-state index in [1.54, 1.807) is 0 Å². The van der Waals surface area contributed by atoms with Crippen molar-refractivity contribution in [3.63, 3.8) is 0 Å². The molecule has 0 aromatic rings.